The molecule has 2 fully saturated rings. The van der Waals surface area contributed by atoms with Crippen molar-refractivity contribution in [3.8, 4) is 5.75 Å². The van der Waals surface area contributed by atoms with Gasteiger partial charge in [-0.3, -0.25) is 14.4 Å². The van der Waals surface area contributed by atoms with Gasteiger partial charge in [0.25, 0.3) is 5.56 Å². The van der Waals surface area contributed by atoms with Crippen LogP contribution in [0.3, 0.4) is 0 Å². The number of nitrogens with two attached hydrogens (primary N) is 1. The summed E-state index contributed by atoms with van der Waals surface area (Å²) in [6.07, 6.45) is 5.06. The first-order valence-electron chi connectivity index (χ1n) is 13.8. The number of primary amides is 1. The Bertz CT molecular complexity index is 1280. The number of hydrogen-bond donors (Lipinski definition) is 2. The van der Waals surface area contributed by atoms with Crippen LogP contribution in [0, 0.1) is 11.3 Å². The number of ether oxygens (including phenoxy) is 2. The predicted octanol–water partition coefficient (Wildman–Crippen LogP) is 3.30. The van der Waals surface area contributed by atoms with Crippen LogP contribution in [0.15, 0.2) is 23.0 Å². The summed E-state index contributed by atoms with van der Waals surface area (Å²) in [5.74, 6) is -2.87. The summed E-state index contributed by atoms with van der Waals surface area (Å²) < 4.78 is 39.4. The largest absolute Gasteiger partial charge is 0.540 e. The molecule has 2 unspecified atom stereocenters. The van der Waals surface area contributed by atoms with Crippen LogP contribution in [-0.4, -0.2) is 71.3 Å². The number of alkyl halides is 2. The van der Waals surface area contributed by atoms with Gasteiger partial charge in [-0.1, -0.05) is 33.6 Å². The molecule has 0 spiro atoms. The molecule has 1 saturated carbocycles. The summed E-state index contributed by atoms with van der Waals surface area (Å²) in [5.41, 5.74) is 5.24. The second-order valence-electron chi connectivity index (χ2n) is 11.6. The number of H-pyrrole nitrogens is 1. The Balaban J connectivity index is 0.00000148. The fraction of sp³-hybridized carbons (Fsp3) is 0.621. The molecule has 2 heterocycles. The first-order chi connectivity index (χ1) is 19.4. The maximum atomic E-state index is 14.0. The van der Waals surface area contributed by atoms with Gasteiger partial charge in [0.1, 0.15) is 17.5 Å². The van der Waals surface area contributed by atoms with Crippen LogP contribution >= 0.6 is 0 Å². The Morgan fingerprint density at radius 1 is 1.31 bits per heavy atom. The first-order valence-corrected chi connectivity index (χ1v) is 13.8. The number of fused-ring (bicyclic) bond motifs is 1. The van der Waals surface area contributed by atoms with Crippen molar-refractivity contribution in [2.75, 3.05) is 13.7 Å². The number of carbonyl (C=O) groups is 2. The Kier molecular flexibility index (Phi) is 12.7. The molecular formula is C29H39F2N4O6V-. The van der Waals surface area contributed by atoms with Gasteiger partial charge in [-0.2, -0.15) is 0 Å². The number of benzene rings is 1. The minimum Gasteiger partial charge on any atom is -0.540 e. The zero-order valence-corrected chi connectivity index (χ0v) is 25.8. The molecule has 10 nitrogen and oxygen atoms in total. The molecule has 2 amide bonds. The van der Waals surface area contributed by atoms with E-state index in [1.165, 1.54) is 6.29 Å². The third kappa shape index (κ3) is 8.84. The van der Waals surface area contributed by atoms with E-state index in [4.69, 9.17) is 14.3 Å². The number of aryl methyl sites for hydroxylation is 1. The maximum absolute atomic E-state index is 14.0. The van der Waals surface area contributed by atoms with Crippen molar-refractivity contribution in [2.45, 2.75) is 89.9 Å². The van der Waals surface area contributed by atoms with Gasteiger partial charge in [-0.05, 0) is 49.1 Å². The second-order valence-corrected chi connectivity index (χ2v) is 11.6. The number of carbonyl (C=O) groups excluding carboxylic acids is 3. The second kappa shape index (κ2) is 15.1. The third-order valence-electron chi connectivity index (χ3n) is 7.43. The van der Waals surface area contributed by atoms with E-state index in [1.807, 2.05) is 32.9 Å². The number of unbranched alkanes of at least 4 members (excludes halogenated alkanes) is 2. The number of amides is 2. The molecule has 1 aliphatic heterocycles. The summed E-state index contributed by atoms with van der Waals surface area (Å²) in [4.78, 5) is 53.6. The molecule has 2 aromatic rings. The standard InChI is InChI=1S/C28H36F2N3O5.CH3NO.V/c1-27(2,3)24(26(36)33-13-12-28(29,30)23(33)16-34)38-22-14-17(22)8-6-5-7-9-20-25(35)32-21-15-18(37-4)10-11-19(21)31-20;2-1-3;/h10-11,15,17,22-24H,5-9,12-14H2,1-4H3,(H,32,35);1H,(H2,2,3);/q-1;;/t17?,22-,23?,24-;;/m1../s1. The SMILES string of the molecule is COc1ccc2nc(CCCCCC3C[C@H]3O[C@H](C(=O)N3CCC(F)(F)C3[C-]=O)C(C)(C)C)c(=O)[nH]c2c1.NC=O.[V]. The number of aromatic amines is 1. The van der Waals surface area contributed by atoms with Crippen molar-refractivity contribution in [2.24, 2.45) is 17.1 Å². The smallest absolute Gasteiger partial charge is 0.270 e. The number of rotatable bonds is 11. The van der Waals surface area contributed by atoms with E-state index < -0.39 is 35.8 Å². The molecule has 1 radical (unpaired) electrons. The van der Waals surface area contributed by atoms with Crippen LogP contribution in [0.1, 0.15) is 65.0 Å². The molecule has 0 bridgehead atoms. The summed E-state index contributed by atoms with van der Waals surface area (Å²) in [6, 6.07) is 3.52. The predicted molar refractivity (Wildman–Crippen MR) is 148 cm³/mol. The fourth-order valence-corrected chi connectivity index (χ4v) is 5.07. The number of nitrogens with one attached hydrogen (secondary N) is 1. The van der Waals surface area contributed by atoms with Crippen molar-refractivity contribution in [3.63, 3.8) is 0 Å². The van der Waals surface area contributed by atoms with E-state index in [0.717, 1.165) is 42.5 Å². The summed E-state index contributed by atoms with van der Waals surface area (Å²) in [5, 5.41) is 0. The van der Waals surface area contributed by atoms with Gasteiger partial charge >= 0.3 is 0 Å². The number of nitrogens with zero attached hydrogens (tertiary/aromatic N) is 2. The Morgan fingerprint density at radius 2 is 2.00 bits per heavy atom. The zero-order valence-electron chi connectivity index (χ0n) is 24.4. The van der Waals surface area contributed by atoms with Gasteiger partial charge < -0.3 is 29.9 Å². The first kappa shape index (κ1) is 35.4. The molecule has 1 aliphatic carbocycles. The molecule has 4 atom stereocenters. The molecule has 2 aliphatic rings. The van der Waals surface area contributed by atoms with Crippen LogP contribution < -0.4 is 16.0 Å². The van der Waals surface area contributed by atoms with Crippen molar-refractivity contribution in [1.29, 1.82) is 0 Å². The van der Waals surface area contributed by atoms with E-state index in [1.54, 1.807) is 13.2 Å². The van der Waals surface area contributed by atoms with E-state index in [-0.39, 0.29) is 43.2 Å². The minimum atomic E-state index is -3.26. The Labute approximate surface area is 256 Å². The number of methoxy groups -OCH3 is 1. The number of halogens is 2. The molecule has 4 rings (SSSR count). The van der Waals surface area contributed by atoms with Crippen molar-refractivity contribution >= 4 is 29.6 Å². The van der Waals surface area contributed by atoms with Gasteiger partial charge in [-0.15, -0.1) is 0 Å². The molecule has 1 aromatic heterocycles. The maximum Gasteiger partial charge on any atom is 0.270 e. The van der Waals surface area contributed by atoms with Crippen LogP contribution in [0.25, 0.3) is 11.0 Å². The quantitative estimate of drug-likeness (QED) is 0.221. The molecule has 1 aromatic carbocycles. The summed E-state index contributed by atoms with van der Waals surface area (Å²) >= 11 is 0. The monoisotopic (exact) mass is 628 g/mol. The van der Waals surface area contributed by atoms with Gasteiger partial charge in [0, 0.05) is 43.6 Å². The van der Waals surface area contributed by atoms with E-state index in [0.29, 0.717) is 29.3 Å². The van der Waals surface area contributed by atoms with E-state index in [9.17, 15) is 23.2 Å². The molecule has 42 heavy (non-hydrogen) atoms. The average Bonchev–Trinajstić information content (AvgIpc) is 3.58. The third-order valence-corrected chi connectivity index (χ3v) is 7.43. The average molecular weight is 629 g/mol. The van der Waals surface area contributed by atoms with Crippen molar-refractivity contribution in [3.05, 3.63) is 34.2 Å². The van der Waals surface area contributed by atoms with E-state index in [2.05, 4.69) is 15.7 Å². The molecule has 231 valence electrons. The van der Waals surface area contributed by atoms with Crippen molar-refractivity contribution in [1.82, 2.24) is 14.9 Å². The fourth-order valence-electron chi connectivity index (χ4n) is 5.07. The number of likely N-dealkylation sites (tertiary alicyclic amines) is 1. The molecule has 13 heteroatoms. The van der Waals surface area contributed by atoms with Gasteiger partial charge in [0.05, 0.1) is 24.2 Å². The Morgan fingerprint density at radius 3 is 2.62 bits per heavy atom. The van der Waals surface area contributed by atoms with Crippen LogP contribution in [0.2, 0.25) is 0 Å². The number of aromatic nitrogens is 2. The molecular weight excluding hydrogens is 589 g/mol. The van der Waals surface area contributed by atoms with Crippen LogP contribution in [0.5, 0.6) is 5.75 Å². The normalized spacial score (nSPS) is 21.5. The van der Waals surface area contributed by atoms with Gasteiger partial charge in [0.15, 0.2) is 0 Å². The minimum absolute atomic E-state index is 0. The van der Waals surface area contributed by atoms with Crippen molar-refractivity contribution < 1.29 is 51.2 Å². The van der Waals surface area contributed by atoms with Crippen LogP contribution in [-0.2, 0) is 44.1 Å². The van der Waals surface area contributed by atoms with Gasteiger partial charge in [0.2, 0.25) is 18.2 Å². The zero-order chi connectivity index (χ0) is 30.4. The number of hydrogen-bond acceptors (Lipinski definition) is 7. The topological polar surface area (TPSA) is 145 Å². The summed E-state index contributed by atoms with van der Waals surface area (Å²) in [7, 11) is 1.57. The van der Waals surface area contributed by atoms with E-state index >= 15 is 0 Å². The Hall–Kier alpha value is -2.83. The molecule has 3 N–H and O–H groups in total. The summed E-state index contributed by atoms with van der Waals surface area (Å²) in [6.45, 7) is 5.32. The molecule has 1 saturated heterocycles. The van der Waals surface area contributed by atoms with Gasteiger partial charge in [-0.25, -0.2) is 20.1 Å². The van der Waals surface area contributed by atoms with Crippen LogP contribution in [0.4, 0.5) is 8.78 Å².